The second-order valence-electron chi connectivity index (χ2n) is 22.7. The number of rotatable bonds is 62. The Morgan fingerprint density at radius 1 is 0.273 bits per heavy atom. The maximum atomic E-state index is 12.8. The molecule has 0 aliphatic rings. The van der Waals surface area contributed by atoms with Crippen LogP contribution in [-0.4, -0.2) is 37.2 Å². The van der Waals surface area contributed by atoms with Crippen molar-refractivity contribution >= 4 is 17.9 Å². The Kier molecular flexibility index (Phi) is 63.2. The summed E-state index contributed by atoms with van der Waals surface area (Å²) in [5.41, 5.74) is 0. The highest BCUT2D eigenvalue weighted by Gasteiger charge is 2.19. The number of ether oxygens (including phenoxy) is 3. The Labute approximate surface area is 479 Å². The van der Waals surface area contributed by atoms with Gasteiger partial charge in [-0.15, -0.1) is 0 Å². The summed E-state index contributed by atoms with van der Waals surface area (Å²) in [4.78, 5) is 38.2. The van der Waals surface area contributed by atoms with Gasteiger partial charge in [-0.25, -0.2) is 0 Å². The number of unbranched alkanes of at least 4 members (excludes halogenated alkanes) is 41. The van der Waals surface area contributed by atoms with Crippen LogP contribution in [0.1, 0.15) is 355 Å². The van der Waals surface area contributed by atoms with Crippen molar-refractivity contribution in [1.82, 2.24) is 0 Å². The van der Waals surface area contributed by atoms with E-state index in [1.54, 1.807) is 0 Å². The lowest BCUT2D eigenvalue weighted by molar-refractivity contribution is -0.167. The van der Waals surface area contributed by atoms with Gasteiger partial charge in [0, 0.05) is 19.3 Å². The summed E-state index contributed by atoms with van der Waals surface area (Å²) in [5.74, 6) is -0.936. The molecule has 0 radical (unpaired) electrons. The van der Waals surface area contributed by atoms with Crippen molar-refractivity contribution in [3.63, 3.8) is 0 Å². The van der Waals surface area contributed by atoms with Crippen molar-refractivity contribution in [2.24, 2.45) is 0 Å². The molecule has 77 heavy (non-hydrogen) atoms. The highest BCUT2D eigenvalue weighted by Crippen LogP contribution is 2.18. The molecule has 0 aromatic rings. The molecule has 448 valence electrons. The molecular weight excluding hydrogens is 949 g/mol. The monoisotopic (exact) mass is 1080 g/mol. The molecule has 0 N–H and O–H groups in total. The van der Waals surface area contributed by atoms with Crippen LogP contribution in [0, 0.1) is 0 Å². The normalized spacial score (nSPS) is 12.4. The molecule has 1 atom stereocenters. The maximum absolute atomic E-state index is 12.8. The Hall–Kier alpha value is -2.89. The van der Waals surface area contributed by atoms with Gasteiger partial charge in [-0.05, 0) is 57.8 Å². The van der Waals surface area contributed by atoms with Crippen molar-refractivity contribution in [3.8, 4) is 0 Å². The van der Waals surface area contributed by atoms with Crippen molar-refractivity contribution in [1.29, 1.82) is 0 Å². The van der Waals surface area contributed by atoms with Gasteiger partial charge < -0.3 is 14.2 Å². The van der Waals surface area contributed by atoms with Gasteiger partial charge in [0.2, 0.25) is 0 Å². The average molecular weight is 1080 g/mol. The summed E-state index contributed by atoms with van der Waals surface area (Å²) < 4.78 is 16.8. The maximum Gasteiger partial charge on any atom is 0.306 e. The van der Waals surface area contributed by atoms with Crippen LogP contribution in [0.5, 0.6) is 0 Å². The molecule has 0 fully saturated rings. The number of carbonyl (C=O) groups is 3. The van der Waals surface area contributed by atoms with Crippen LogP contribution in [0.2, 0.25) is 0 Å². The molecule has 0 amide bonds. The Morgan fingerprint density at radius 3 is 0.779 bits per heavy atom. The van der Waals surface area contributed by atoms with E-state index in [1.807, 2.05) is 0 Å². The zero-order valence-electron chi connectivity index (χ0n) is 51.5. The Balaban J connectivity index is 4.10. The van der Waals surface area contributed by atoms with E-state index in [9.17, 15) is 14.4 Å². The molecule has 0 rings (SSSR count). The third-order valence-corrected chi connectivity index (χ3v) is 15.0. The molecule has 6 heteroatoms. The molecule has 0 bridgehead atoms. The number of hydrogen-bond acceptors (Lipinski definition) is 6. The predicted molar refractivity (Wildman–Crippen MR) is 335 cm³/mol. The third kappa shape index (κ3) is 63.8. The van der Waals surface area contributed by atoms with Gasteiger partial charge >= 0.3 is 17.9 Å². The first kappa shape index (κ1) is 74.1. The van der Waals surface area contributed by atoms with E-state index >= 15 is 0 Å². The van der Waals surface area contributed by atoms with Crippen LogP contribution in [0.3, 0.4) is 0 Å². The topological polar surface area (TPSA) is 78.9 Å². The van der Waals surface area contributed by atoms with Gasteiger partial charge in [-0.3, -0.25) is 14.4 Å². The molecule has 1 unspecified atom stereocenters. The number of esters is 3. The molecular formula is C71H128O6. The molecule has 0 saturated carbocycles. The highest BCUT2D eigenvalue weighted by molar-refractivity contribution is 5.71. The van der Waals surface area contributed by atoms with E-state index in [1.165, 1.54) is 231 Å². The first-order valence-corrected chi connectivity index (χ1v) is 33.8. The second kappa shape index (κ2) is 65.6. The largest absolute Gasteiger partial charge is 0.462 e. The third-order valence-electron chi connectivity index (χ3n) is 15.0. The molecule has 0 aliphatic carbocycles. The quantitative estimate of drug-likeness (QED) is 0.0261. The lowest BCUT2D eigenvalue weighted by Crippen LogP contribution is -2.30. The van der Waals surface area contributed by atoms with Crippen molar-refractivity contribution in [2.45, 2.75) is 361 Å². The van der Waals surface area contributed by atoms with E-state index in [0.717, 1.165) is 77.0 Å². The Morgan fingerprint density at radius 2 is 0.506 bits per heavy atom. The Bertz CT molecular complexity index is 1380. The van der Waals surface area contributed by atoms with Crippen LogP contribution in [0.25, 0.3) is 0 Å². The van der Waals surface area contributed by atoms with Gasteiger partial charge in [-0.2, -0.15) is 0 Å². The van der Waals surface area contributed by atoms with Gasteiger partial charge in [0.05, 0.1) is 0 Å². The van der Waals surface area contributed by atoms with Gasteiger partial charge in [-0.1, -0.05) is 338 Å². The summed E-state index contributed by atoms with van der Waals surface area (Å²) in [7, 11) is 0. The number of carbonyl (C=O) groups excluding carboxylic acids is 3. The summed E-state index contributed by atoms with van der Waals surface area (Å²) in [6.07, 6.45) is 84.2. The SMILES string of the molecule is CC/C=C\C/C=C\C/C=C\C/C=C\C/C=C\CCCC(=O)OC(COC(=O)CCCCCCCCCCCC)COC(=O)CCCCCCCCCCCCCCCCCCCCCCCCCCCCCCCCCC. The van der Waals surface area contributed by atoms with Crippen molar-refractivity contribution in [2.75, 3.05) is 13.2 Å². The van der Waals surface area contributed by atoms with E-state index < -0.39 is 6.10 Å². The minimum atomic E-state index is -0.801. The first-order valence-electron chi connectivity index (χ1n) is 33.8. The molecule has 6 nitrogen and oxygen atoms in total. The molecule has 0 spiro atoms. The average Bonchev–Trinajstić information content (AvgIpc) is 3.43. The summed E-state index contributed by atoms with van der Waals surface area (Å²) in [5, 5.41) is 0. The predicted octanol–water partition coefficient (Wildman–Crippen LogP) is 23.1. The highest BCUT2D eigenvalue weighted by atomic mass is 16.6. The summed E-state index contributed by atoms with van der Waals surface area (Å²) in [6.45, 7) is 6.51. The lowest BCUT2D eigenvalue weighted by Gasteiger charge is -2.18. The van der Waals surface area contributed by atoms with Crippen LogP contribution in [0.4, 0.5) is 0 Å². The fourth-order valence-electron chi connectivity index (χ4n) is 10.0. The number of allylic oxidation sites excluding steroid dienone is 10. The molecule has 0 aliphatic heterocycles. The number of hydrogen-bond donors (Lipinski definition) is 0. The van der Waals surface area contributed by atoms with E-state index in [4.69, 9.17) is 14.2 Å². The van der Waals surface area contributed by atoms with Gasteiger partial charge in [0.15, 0.2) is 6.10 Å². The van der Waals surface area contributed by atoms with Gasteiger partial charge in [0.1, 0.15) is 13.2 Å². The van der Waals surface area contributed by atoms with E-state index in [0.29, 0.717) is 19.3 Å². The van der Waals surface area contributed by atoms with Crippen molar-refractivity contribution < 1.29 is 28.6 Å². The standard InChI is InChI=1S/C71H128O6/c1-4-7-10-13-16-19-22-24-26-28-29-30-31-32-33-34-35-36-37-38-39-40-41-42-44-45-47-49-52-55-58-61-64-70(73)76-67-68(66-75-69(72)63-60-57-54-51-21-18-15-12-9-6-3)77-71(74)65-62-59-56-53-50-48-46-43-27-25-23-20-17-14-11-8-5-2/h8,11,17,20,25,27,46,48,53,56,68H,4-7,9-10,12-16,18-19,21-24,26,28-45,47,49-52,54-55,57-67H2,1-3H3/b11-8-,20-17-,27-25-,48-46-,56-53-. The molecule has 0 saturated heterocycles. The fraction of sp³-hybridized carbons (Fsp3) is 0.817. The van der Waals surface area contributed by atoms with Crippen LogP contribution in [0.15, 0.2) is 60.8 Å². The lowest BCUT2D eigenvalue weighted by atomic mass is 10.0. The minimum absolute atomic E-state index is 0.0927. The van der Waals surface area contributed by atoms with Crippen LogP contribution >= 0.6 is 0 Å². The molecule has 0 heterocycles. The zero-order valence-corrected chi connectivity index (χ0v) is 51.5. The van der Waals surface area contributed by atoms with Crippen LogP contribution in [-0.2, 0) is 28.6 Å². The minimum Gasteiger partial charge on any atom is -0.462 e. The summed E-state index contributed by atoms with van der Waals surface area (Å²) in [6, 6.07) is 0. The van der Waals surface area contributed by atoms with Crippen LogP contribution < -0.4 is 0 Å². The van der Waals surface area contributed by atoms with Crippen molar-refractivity contribution in [3.05, 3.63) is 60.8 Å². The second-order valence-corrected chi connectivity index (χ2v) is 22.7. The summed E-state index contributed by atoms with van der Waals surface area (Å²) >= 11 is 0. The smallest absolute Gasteiger partial charge is 0.306 e. The molecule has 0 aromatic carbocycles. The first-order chi connectivity index (χ1) is 38.0. The zero-order chi connectivity index (χ0) is 55.7. The molecule has 0 aromatic heterocycles. The fourth-order valence-corrected chi connectivity index (χ4v) is 10.0. The van der Waals surface area contributed by atoms with E-state index in [2.05, 4.69) is 81.5 Å². The van der Waals surface area contributed by atoms with E-state index in [-0.39, 0.29) is 37.5 Å². The van der Waals surface area contributed by atoms with Gasteiger partial charge in [0.25, 0.3) is 0 Å².